The highest BCUT2D eigenvalue weighted by atomic mass is 35.5. The van der Waals surface area contributed by atoms with Gasteiger partial charge in [-0.2, -0.15) is 0 Å². The number of benzene rings is 3. The second kappa shape index (κ2) is 8.73. The Morgan fingerprint density at radius 1 is 1.06 bits per heavy atom. The molecule has 1 aromatic heterocycles. The molecule has 178 valence electrons. The number of carbonyl (C=O) groups excluding carboxylic acids is 2. The van der Waals surface area contributed by atoms with E-state index in [0.717, 1.165) is 16.8 Å². The lowest BCUT2D eigenvalue weighted by Gasteiger charge is -2.17. The molecule has 7 nitrogen and oxygen atoms in total. The van der Waals surface area contributed by atoms with Crippen LogP contribution in [0, 0.1) is 5.82 Å². The maximum Gasteiger partial charge on any atom is 0.258 e. The minimum atomic E-state index is -0.298. The first kappa shape index (κ1) is 22.2. The van der Waals surface area contributed by atoms with Crippen LogP contribution in [0.4, 0.5) is 27.4 Å². The molecule has 6 rings (SSSR count). The first-order valence-corrected chi connectivity index (χ1v) is 11.8. The molecule has 0 bridgehead atoms. The van der Waals surface area contributed by atoms with Crippen LogP contribution in [-0.2, 0) is 17.6 Å². The minimum Gasteiger partial charge on any atom is -0.325 e. The van der Waals surface area contributed by atoms with Gasteiger partial charge >= 0.3 is 0 Å². The van der Waals surface area contributed by atoms with Crippen LogP contribution in [0.1, 0.15) is 21.5 Å². The molecule has 0 unspecified atom stereocenters. The molecule has 2 amide bonds. The van der Waals surface area contributed by atoms with Gasteiger partial charge in [-0.05, 0) is 72.6 Å². The number of hydrogen-bond donors (Lipinski definition) is 2. The molecule has 2 aliphatic heterocycles. The number of rotatable bonds is 3. The van der Waals surface area contributed by atoms with E-state index in [1.54, 1.807) is 53.6 Å². The Bertz CT molecular complexity index is 1540. The molecule has 0 spiro atoms. The molecule has 0 radical (unpaired) electrons. The van der Waals surface area contributed by atoms with Crippen molar-refractivity contribution in [1.82, 2.24) is 9.97 Å². The van der Waals surface area contributed by atoms with Gasteiger partial charge in [-0.15, -0.1) is 0 Å². The highest BCUT2D eigenvalue weighted by Gasteiger charge is 2.26. The Hall–Kier alpha value is -4.30. The highest BCUT2D eigenvalue weighted by molar-refractivity contribution is 6.31. The van der Waals surface area contributed by atoms with Crippen LogP contribution >= 0.6 is 11.6 Å². The van der Waals surface area contributed by atoms with E-state index in [-0.39, 0.29) is 24.1 Å². The summed E-state index contributed by atoms with van der Waals surface area (Å²) in [5, 5.41) is 6.55. The fourth-order valence-electron chi connectivity index (χ4n) is 4.59. The number of amides is 2. The van der Waals surface area contributed by atoms with E-state index in [9.17, 15) is 14.0 Å². The third-order valence-corrected chi connectivity index (χ3v) is 6.53. The van der Waals surface area contributed by atoms with E-state index in [4.69, 9.17) is 11.6 Å². The minimum absolute atomic E-state index is 0.138. The average Bonchev–Trinajstić information content (AvgIpc) is 3.22. The quantitative estimate of drug-likeness (QED) is 0.395. The van der Waals surface area contributed by atoms with Crippen molar-refractivity contribution in [1.29, 1.82) is 0 Å². The van der Waals surface area contributed by atoms with Crippen molar-refractivity contribution in [3.05, 3.63) is 94.4 Å². The van der Waals surface area contributed by atoms with Gasteiger partial charge in [0.05, 0.1) is 17.8 Å². The van der Waals surface area contributed by atoms with Gasteiger partial charge in [-0.1, -0.05) is 11.6 Å². The number of carbonyl (C=O) groups is 2. The molecule has 0 fully saturated rings. The van der Waals surface area contributed by atoms with Crippen LogP contribution in [0.2, 0.25) is 5.02 Å². The van der Waals surface area contributed by atoms with E-state index in [0.29, 0.717) is 52.1 Å². The zero-order chi connectivity index (χ0) is 24.8. The Morgan fingerprint density at radius 2 is 1.89 bits per heavy atom. The molecule has 3 heterocycles. The number of aromatic nitrogens is 2. The summed E-state index contributed by atoms with van der Waals surface area (Å²) in [6.07, 6.45) is 2.43. The molecular weight excluding hydrogens is 481 g/mol. The number of nitrogens with zero attached hydrogens (tertiary/aromatic N) is 3. The lowest BCUT2D eigenvalue weighted by molar-refractivity contribution is -0.115. The Labute approximate surface area is 211 Å². The third kappa shape index (κ3) is 4.05. The van der Waals surface area contributed by atoms with Crippen molar-refractivity contribution in [2.45, 2.75) is 12.8 Å². The Balaban J connectivity index is 1.24. The van der Waals surface area contributed by atoms with Crippen molar-refractivity contribution < 1.29 is 14.0 Å². The van der Waals surface area contributed by atoms with Crippen LogP contribution in [0.5, 0.6) is 0 Å². The molecule has 0 atom stereocenters. The summed E-state index contributed by atoms with van der Waals surface area (Å²) in [5.74, 6) is -0.236. The standard InChI is InChI=1S/C27H19ClFN5O2/c28-18-3-7-21-22(13-18)32-24(35)12-17-14-30-27(33-25(17)21)31-20-5-1-15(2-6-20)26(36)34-10-9-16-11-19(29)4-8-23(16)34/h1-8,11,13-14H,9-10,12H2,(H,32,35)(H,30,31,33). The van der Waals surface area contributed by atoms with Gasteiger partial charge in [0.2, 0.25) is 11.9 Å². The average molecular weight is 500 g/mol. The van der Waals surface area contributed by atoms with Gasteiger partial charge < -0.3 is 15.5 Å². The van der Waals surface area contributed by atoms with Gasteiger partial charge in [-0.25, -0.2) is 14.4 Å². The number of nitrogens with one attached hydrogen (secondary N) is 2. The summed E-state index contributed by atoms with van der Waals surface area (Å²) >= 11 is 6.11. The molecular formula is C27H19ClFN5O2. The zero-order valence-electron chi connectivity index (χ0n) is 18.9. The highest BCUT2D eigenvalue weighted by Crippen LogP contribution is 2.35. The zero-order valence-corrected chi connectivity index (χ0v) is 19.6. The van der Waals surface area contributed by atoms with Gasteiger partial charge in [0, 0.05) is 45.8 Å². The molecule has 9 heteroatoms. The van der Waals surface area contributed by atoms with Crippen LogP contribution in [0.15, 0.2) is 66.9 Å². The van der Waals surface area contributed by atoms with E-state index >= 15 is 0 Å². The van der Waals surface area contributed by atoms with Crippen molar-refractivity contribution >= 4 is 46.4 Å². The van der Waals surface area contributed by atoms with Gasteiger partial charge in [0.25, 0.3) is 5.91 Å². The first-order chi connectivity index (χ1) is 17.4. The van der Waals surface area contributed by atoms with Crippen molar-refractivity contribution in [2.75, 3.05) is 22.1 Å². The van der Waals surface area contributed by atoms with Crippen molar-refractivity contribution in [3.63, 3.8) is 0 Å². The molecule has 0 saturated carbocycles. The summed E-state index contributed by atoms with van der Waals surface area (Å²) in [6, 6.07) is 16.8. The molecule has 36 heavy (non-hydrogen) atoms. The van der Waals surface area contributed by atoms with Gasteiger partial charge in [-0.3, -0.25) is 9.59 Å². The third-order valence-electron chi connectivity index (χ3n) is 6.30. The smallest absolute Gasteiger partial charge is 0.258 e. The lowest BCUT2D eigenvalue weighted by Crippen LogP contribution is -2.28. The number of anilines is 4. The van der Waals surface area contributed by atoms with E-state index in [1.807, 2.05) is 6.07 Å². The topological polar surface area (TPSA) is 87.2 Å². The fourth-order valence-corrected chi connectivity index (χ4v) is 4.76. The van der Waals surface area contributed by atoms with E-state index < -0.39 is 0 Å². The van der Waals surface area contributed by atoms with E-state index in [2.05, 4.69) is 20.6 Å². The van der Waals surface area contributed by atoms with Gasteiger partial charge in [0.1, 0.15) is 5.82 Å². The largest absolute Gasteiger partial charge is 0.325 e. The van der Waals surface area contributed by atoms with Gasteiger partial charge in [0.15, 0.2) is 0 Å². The maximum absolute atomic E-state index is 13.5. The molecule has 2 N–H and O–H groups in total. The number of hydrogen-bond acceptors (Lipinski definition) is 5. The number of fused-ring (bicyclic) bond motifs is 4. The number of halogens is 2. The SMILES string of the molecule is O=C1Cc2cnc(Nc3ccc(C(=O)N4CCc5cc(F)ccc54)cc3)nc2-c2ccc(Cl)cc2N1. The summed E-state index contributed by atoms with van der Waals surface area (Å²) in [5.41, 5.74) is 5.53. The second-order valence-corrected chi connectivity index (χ2v) is 9.10. The van der Waals surface area contributed by atoms with Crippen LogP contribution in [-0.4, -0.2) is 28.3 Å². The van der Waals surface area contributed by atoms with Crippen molar-refractivity contribution in [2.24, 2.45) is 0 Å². The van der Waals surface area contributed by atoms with Crippen molar-refractivity contribution in [3.8, 4) is 11.3 Å². The normalized spacial score (nSPS) is 13.8. The second-order valence-electron chi connectivity index (χ2n) is 8.66. The molecule has 0 saturated heterocycles. The Morgan fingerprint density at radius 3 is 2.72 bits per heavy atom. The molecule has 2 aliphatic rings. The molecule has 0 aliphatic carbocycles. The van der Waals surface area contributed by atoms with Crippen LogP contribution in [0.3, 0.4) is 0 Å². The van der Waals surface area contributed by atoms with E-state index in [1.165, 1.54) is 12.1 Å². The summed E-state index contributed by atoms with van der Waals surface area (Å²) < 4.78 is 13.5. The van der Waals surface area contributed by atoms with Crippen LogP contribution < -0.4 is 15.5 Å². The predicted octanol–water partition coefficient (Wildman–Crippen LogP) is 5.38. The monoisotopic (exact) mass is 499 g/mol. The molecule has 3 aromatic carbocycles. The Kier molecular flexibility index (Phi) is 5.38. The maximum atomic E-state index is 13.5. The summed E-state index contributed by atoms with van der Waals surface area (Å²) in [4.78, 5) is 36.1. The lowest BCUT2D eigenvalue weighted by atomic mass is 10.1. The molecule has 4 aromatic rings. The fraction of sp³-hybridized carbons (Fsp3) is 0.111. The van der Waals surface area contributed by atoms with Crippen LogP contribution in [0.25, 0.3) is 11.3 Å². The summed E-state index contributed by atoms with van der Waals surface area (Å²) in [6.45, 7) is 0.518. The predicted molar refractivity (Wildman–Crippen MR) is 136 cm³/mol. The first-order valence-electron chi connectivity index (χ1n) is 11.4. The summed E-state index contributed by atoms with van der Waals surface area (Å²) in [7, 11) is 0.